The van der Waals surface area contributed by atoms with Gasteiger partial charge < -0.3 is 20.1 Å². The Kier molecular flexibility index (Phi) is 7.32. The summed E-state index contributed by atoms with van der Waals surface area (Å²) in [5, 5.41) is 7.22. The molecule has 6 nitrogen and oxygen atoms in total. The molecule has 1 fully saturated rings. The number of carbonyl (C=O) groups is 1. The van der Waals surface area contributed by atoms with Gasteiger partial charge in [0.05, 0.1) is 17.8 Å². The fraction of sp³-hybridized carbons (Fsp3) is 0.233. The van der Waals surface area contributed by atoms with Gasteiger partial charge >= 0.3 is 0 Å². The standard InChI is InChI=1S/C30H31N5OS/c1-3-22-11-7-8-14-24(22)32-27(36)18-20-34-29(28(33-30(34)37)25-15-9-10-19-31-25)26-17-16-21(2)35(26)23-12-5-4-6-13-23/h4-17,19,28-29H,3,18,20H2,1-2H3,(H,32,36)(H,33,37). The molecular weight excluding hydrogens is 478 g/mol. The van der Waals surface area contributed by atoms with Crippen LogP contribution >= 0.6 is 12.2 Å². The van der Waals surface area contributed by atoms with Crippen LogP contribution in [0.3, 0.4) is 0 Å². The number of amides is 1. The molecule has 4 aromatic rings. The highest BCUT2D eigenvalue weighted by molar-refractivity contribution is 7.80. The highest BCUT2D eigenvalue weighted by Crippen LogP contribution is 2.40. The Morgan fingerprint density at radius 3 is 2.51 bits per heavy atom. The number of thiocarbonyl (C=S) groups is 1. The van der Waals surface area contributed by atoms with Crippen LogP contribution in [0.25, 0.3) is 5.69 Å². The minimum atomic E-state index is -0.144. The zero-order chi connectivity index (χ0) is 25.8. The molecule has 0 bridgehead atoms. The second-order valence-corrected chi connectivity index (χ2v) is 9.59. The zero-order valence-corrected chi connectivity index (χ0v) is 21.9. The molecule has 0 spiro atoms. The molecule has 2 atom stereocenters. The first-order chi connectivity index (χ1) is 18.1. The number of aryl methyl sites for hydroxylation is 2. The predicted octanol–water partition coefficient (Wildman–Crippen LogP) is 5.74. The van der Waals surface area contributed by atoms with E-state index in [1.54, 1.807) is 6.20 Å². The quantitative estimate of drug-likeness (QED) is 0.297. The van der Waals surface area contributed by atoms with Crippen LogP contribution < -0.4 is 10.6 Å². The lowest BCUT2D eigenvalue weighted by Gasteiger charge is -2.29. The number of para-hydroxylation sites is 2. The molecule has 2 aromatic carbocycles. The lowest BCUT2D eigenvalue weighted by atomic mass is 10.0. The van der Waals surface area contributed by atoms with Gasteiger partial charge in [-0.05, 0) is 73.6 Å². The van der Waals surface area contributed by atoms with E-state index in [0.29, 0.717) is 18.1 Å². The fourth-order valence-electron chi connectivity index (χ4n) is 5.07. The second kappa shape index (κ2) is 11.0. The number of anilines is 1. The maximum absolute atomic E-state index is 13.0. The van der Waals surface area contributed by atoms with E-state index in [4.69, 9.17) is 12.2 Å². The Labute approximate surface area is 223 Å². The minimum absolute atomic E-state index is 0.0293. The molecule has 1 aliphatic rings. The van der Waals surface area contributed by atoms with Crippen LogP contribution in [0.15, 0.2) is 91.1 Å². The summed E-state index contributed by atoms with van der Waals surface area (Å²) in [6.07, 6.45) is 2.98. The number of hydrogen-bond donors (Lipinski definition) is 2. The van der Waals surface area contributed by atoms with Gasteiger partial charge in [-0.1, -0.05) is 49.4 Å². The van der Waals surface area contributed by atoms with E-state index in [0.717, 1.165) is 40.4 Å². The largest absolute Gasteiger partial charge is 0.352 e. The molecule has 37 heavy (non-hydrogen) atoms. The Bertz CT molecular complexity index is 1390. The van der Waals surface area contributed by atoms with Crippen LogP contribution in [0.4, 0.5) is 5.69 Å². The summed E-state index contributed by atoms with van der Waals surface area (Å²) in [7, 11) is 0. The molecule has 0 saturated carbocycles. The Morgan fingerprint density at radius 1 is 1.00 bits per heavy atom. The van der Waals surface area contributed by atoms with Crippen molar-refractivity contribution in [3.8, 4) is 5.69 Å². The number of nitrogens with one attached hydrogen (secondary N) is 2. The summed E-state index contributed by atoms with van der Waals surface area (Å²) >= 11 is 5.83. The number of rotatable bonds is 8. The number of pyridine rings is 1. The van der Waals surface area contributed by atoms with Crippen molar-refractivity contribution in [1.82, 2.24) is 19.8 Å². The molecule has 7 heteroatoms. The number of benzene rings is 2. The Hall–Kier alpha value is -3.97. The highest BCUT2D eigenvalue weighted by Gasteiger charge is 2.41. The van der Waals surface area contributed by atoms with Crippen LogP contribution in [0.1, 0.15) is 48.1 Å². The van der Waals surface area contributed by atoms with Crippen molar-refractivity contribution in [2.24, 2.45) is 0 Å². The van der Waals surface area contributed by atoms with E-state index in [1.807, 2.05) is 60.7 Å². The lowest BCUT2D eigenvalue weighted by Crippen LogP contribution is -2.33. The van der Waals surface area contributed by atoms with Gasteiger partial charge in [0, 0.05) is 41.9 Å². The smallest absolute Gasteiger partial charge is 0.226 e. The maximum atomic E-state index is 13.0. The van der Waals surface area contributed by atoms with Gasteiger partial charge in [-0.15, -0.1) is 0 Å². The van der Waals surface area contributed by atoms with Crippen LogP contribution in [-0.4, -0.2) is 32.0 Å². The Balaban J connectivity index is 1.46. The van der Waals surface area contributed by atoms with E-state index in [1.165, 1.54) is 0 Å². The molecule has 2 unspecified atom stereocenters. The summed E-state index contributed by atoms with van der Waals surface area (Å²) in [5.41, 5.74) is 6.23. The first-order valence-corrected chi connectivity index (χ1v) is 13.1. The molecule has 188 valence electrons. The number of hydrogen-bond acceptors (Lipinski definition) is 3. The molecular formula is C30H31N5OS. The normalized spacial score (nSPS) is 17.0. The second-order valence-electron chi connectivity index (χ2n) is 9.20. The van der Waals surface area contributed by atoms with Crippen LogP contribution in [-0.2, 0) is 11.2 Å². The summed E-state index contributed by atoms with van der Waals surface area (Å²) in [6.45, 7) is 4.68. The molecule has 2 N–H and O–H groups in total. The van der Waals surface area contributed by atoms with E-state index in [2.05, 4.69) is 63.2 Å². The van der Waals surface area contributed by atoms with E-state index >= 15 is 0 Å². The average Bonchev–Trinajstić information content (AvgIpc) is 3.47. The summed E-state index contributed by atoms with van der Waals surface area (Å²) < 4.78 is 2.26. The van der Waals surface area contributed by atoms with Crippen LogP contribution in [0.2, 0.25) is 0 Å². The third kappa shape index (κ3) is 5.13. The number of carbonyl (C=O) groups excluding carboxylic acids is 1. The zero-order valence-electron chi connectivity index (χ0n) is 21.1. The monoisotopic (exact) mass is 509 g/mol. The summed E-state index contributed by atoms with van der Waals surface area (Å²) in [5.74, 6) is -0.0293. The van der Waals surface area contributed by atoms with Gasteiger partial charge in [0.1, 0.15) is 0 Å². The van der Waals surface area contributed by atoms with Gasteiger partial charge in [-0.25, -0.2) is 0 Å². The van der Waals surface area contributed by atoms with E-state index in [9.17, 15) is 4.79 Å². The molecule has 1 amide bonds. The number of nitrogens with zero attached hydrogens (tertiary/aromatic N) is 3. The molecule has 1 aliphatic heterocycles. The van der Waals surface area contributed by atoms with Gasteiger partial charge in [0.25, 0.3) is 0 Å². The van der Waals surface area contributed by atoms with Gasteiger partial charge in [0.15, 0.2) is 5.11 Å². The molecule has 1 saturated heterocycles. The molecule has 0 aliphatic carbocycles. The third-order valence-corrected chi connectivity index (χ3v) is 7.23. The minimum Gasteiger partial charge on any atom is -0.352 e. The first kappa shape index (κ1) is 24.7. The van der Waals surface area contributed by atoms with E-state index < -0.39 is 0 Å². The SMILES string of the molecule is CCc1ccccc1NC(=O)CCN1C(=S)NC(c2ccccn2)C1c1ccc(C)n1-c1ccccc1. The summed E-state index contributed by atoms with van der Waals surface area (Å²) in [6, 6.07) is 28.2. The van der Waals surface area contributed by atoms with Crippen molar-refractivity contribution >= 4 is 28.9 Å². The lowest BCUT2D eigenvalue weighted by molar-refractivity contribution is -0.116. The molecule has 2 aromatic heterocycles. The maximum Gasteiger partial charge on any atom is 0.226 e. The van der Waals surface area contributed by atoms with Crippen LogP contribution in [0, 0.1) is 6.92 Å². The van der Waals surface area contributed by atoms with Crippen molar-refractivity contribution < 1.29 is 4.79 Å². The highest BCUT2D eigenvalue weighted by atomic mass is 32.1. The van der Waals surface area contributed by atoms with Gasteiger partial charge in [0.2, 0.25) is 5.91 Å². The van der Waals surface area contributed by atoms with Crippen LogP contribution in [0.5, 0.6) is 0 Å². The van der Waals surface area contributed by atoms with Gasteiger partial charge in [-0.2, -0.15) is 0 Å². The van der Waals surface area contributed by atoms with E-state index in [-0.39, 0.29) is 18.0 Å². The molecule has 0 radical (unpaired) electrons. The number of aromatic nitrogens is 2. The van der Waals surface area contributed by atoms with Crippen molar-refractivity contribution in [2.75, 3.05) is 11.9 Å². The van der Waals surface area contributed by atoms with Crippen molar-refractivity contribution in [2.45, 2.75) is 38.8 Å². The van der Waals surface area contributed by atoms with Crippen molar-refractivity contribution in [3.63, 3.8) is 0 Å². The molecule has 5 rings (SSSR count). The van der Waals surface area contributed by atoms with Crippen molar-refractivity contribution in [3.05, 3.63) is 114 Å². The topological polar surface area (TPSA) is 62.2 Å². The predicted molar refractivity (Wildman–Crippen MR) is 152 cm³/mol. The summed E-state index contributed by atoms with van der Waals surface area (Å²) in [4.78, 5) is 19.8. The fourth-order valence-corrected chi connectivity index (χ4v) is 5.40. The third-order valence-electron chi connectivity index (χ3n) is 6.87. The molecule has 3 heterocycles. The first-order valence-electron chi connectivity index (χ1n) is 12.7. The van der Waals surface area contributed by atoms with Crippen molar-refractivity contribution in [1.29, 1.82) is 0 Å². The average molecular weight is 510 g/mol. The van der Waals surface area contributed by atoms with Gasteiger partial charge in [-0.3, -0.25) is 9.78 Å². The Morgan fingerprint density at radius 2 is 1.76 bits per heavy atom.